The van der Waals surface area contributed by atoms with Gasteiger partial charge in [-0.3, -0.25) is 4.79 Å². The number of nitrogens with one attached hydrogen (secondary N) is 1. The highest BCUT2D eigenvalue weighted by Crippen LogP contribution is 2.30. The molecule has 1 atom stereocenters. The molecule has 4 heterocycles. The summed E-state index contributed by atoms with van der Waals surface area (Å²) in [5, 5.41) is 1.01. The molecule has 0 spiro atoms. The Labute approximate surface area is 207 Å². The predicted molar refractivity (Wildman–Crippen MR) is 140 cm³/mol. The Morgan fingerprint density at radius 3 is 2.74 bits per heavy atom. The van der Waals surface area contributed by atoms with Crippen LogP contribution >= 0.6 is 15.9 Å². The molecule has 0 aliphatic carbocycles. The Hall–Kier alpha value is -2.94. The van der Waals surface area contributed by atoms with Crippen molar-refractivity contribution in [1.29, 1.82) is 0 Å². The van der Waals surface area contributed by atoms with E-state index >= 15 is 0 Å². The van der Waals surface area contributed by atoms with Crippen molar-refractivity contribution in [2.45, 2.75) is 6.04 Å². The number of H-pyrrole nitrogens is 1. The van der Waals surface area contributed by atoms with Gasteiger partial charge in [0, 0.05) is 53.5 Å². The lowest BCUT2D eigenvalue weighted by molar-refractivity contribution is 0.122. The number of hydrogen-bond donors (Lipinski definition) is 1. The first-order valence-corrected chi connectivity index (χ1v) is 12.2. The molecular formula is C26H28BrN5O2. The van der Waals surface area contributed by atoms with E-state index in [1.807, 2.05) is 55.5 Å². The van der Waals surface area contributed by atoms with Gasteiger partial charge < -0.3 is 24.1 Å². The number of rotatable bonds is 6. The summed E-state index contributed by atoms with van der Waals surface area (Å²) in [6.45, 7) is 3.87. The summed E-state index contributed by atoms with van der Waals surface area (Å²) in [5.74, 6) is 0. The van der Waals surface area contributed by atoms with Gasteiger partial charge in [-0.25, -0.2) is 4.98 Å². The summed E-state index contributed by atoms with van der Waals surface area (Å²) < 4.78 is 8.30. The number of benzene rings is 1. The molecule has 1 unspecified atom stereocenters. The zero-order valence-corrected chi connectivity index (χ0v) is 21.0. The first-order chi connectivity index (χ1) is 16.5. The van der Waals surface area contributed by atoms with E-state index < -0.39 is 0 Å². The first-order valence-electron chi connectivity index (χ1n) is 11.4. The highest BCUT2D eigenvalue weighted by molar-refractivity contribution is 9.10. The molecule has 1 N–H and O–H groups in total. The van der Waals surface area contributed by atoms with Gasteiger partial charge in [-0.1, -0.05) is 28.1 Å². The minimum absolute atomic E-state index is 0.0315. The van der Waals surface area contributed by atoms with E-state index in [-0.39, 0.29) is 11.6 Å². The van der Waals surface area contributed by atoms with Gasteiger partial charge in [0.25, 0.3) is 5.56 Å². The number of likely N-dealkylation sites (N-methyl/N-ethyl adjacent to an activating group) is 1. The number of pyridine rings is 2. The Morgan fingerprint density at radius 2 is 2.00 bits per heavy atom. The van der Waals surface area contributed by atoms with E-state index in [1.54, 1.807) is 6.07 Å². The van der Waals surface area contributed by atoms with Gasteiger partial charge in [0.1, 0.15) is 5.65 Å². The molecule has 1 aromatic carbocycles. The maximum atomic E-state index is 13.4. The SMILES string of the molecule is CN(C)CC(c1cccc(Br)c1)n1ccc(-c2c[nH]c3ncc(N4CCOCC4)cc23)cc1=O. The molecule has 0 bridgehead atoms. The van der Waals surface area contributed by atoms with E-state index in [4.69, 9.17) is 4.74 Å². The lowest BCUT2D eigenvalue weighted by atomic mass is 10.0. The quantitative estimate of drug-likeness (QED) is 0.413. The normalized spacial score (nSPS) is 15.2. The molecule has 0 amide bonds. The fourth-order valence-corrected chi connectivity index (χ4v) is 4.97. The summed E-state index contributed by atoms with van der Waals surface area (Å²) >= 11 is 3.56. The Balaban J connectivity index is 1.52. The monoisotopic (exact) mass is 521 g/mol. The molecule has 1 saturated heterocycles. The van der Waals surface area contributed by atoms with Crippen LogP contribution in [0.1, 0.15) is 11.6 Å². The van der Waals surface area contributed by atoms with E-state index in [2.05, 4.69) is 53.9 Å². The lowest BCUT2D eigenvalue weighted by Gasteiger charge is -2.28. The second-order valence-corrected chi connectivity index (χ2v) is 9.80. The van der Waals surface area contributed by atoms with Crippen LogP contribution in [0.25, 0.3) is 22.2 Å². The molecular weight excluding hydrogens is 494 g/mol. The van der Waals surface area contributed by atoms with Crippen molar-refractivity contribution < 1.29 is 4.74 Å². The highest BCUT2D eigenvalue weighted by Gasteiger charge is 2.18. The van der Waals surface area contributed by atoms with Crippen LogP contribution in [0.15, 0.2) is 70.3 Å². The largest absolute Gasteiger partial charge is 0.378 e. The first kappa shape index (κ1) is 22.8. The number of aromatic nitrogens is 3. The Bertz CT molecular complexity index is 1360. The van der Waals surface area contributed by atoms with Crippen LogP contribution in [0.3, 0.4) is 0 Å². The van der Waals surface area contributed by atoms with Crippen LogP contribution in [-0.4, -0.2) is 66.4 Å². The Kier molecular flexibility index (Phi) is 6.54. The van der Waals surface area contributed by atoms with Gasteiger partial charge in [-0.2, -0.15) is 0 Å². The summed E-state index contributed by atoms with van der Waals surface area (Å²) in [6.07, 6.45) is 5.74. The van der Waals surface area contributed by atoms with Crippen molar-refractivity contribution in [3.05, 3.63) is 81.4 Å². The molecule has 1 aliphatic rings. The third-order valence-electron chi connectivity index (χ3n) is 6.26. The summed E-state index contributed by atoms with van der Waals surface area (Å²) in [4.78, 5) is 25.6. The number of hydrogen-bond acceptors (Lipinski definition) is 5. The molecule has 1 aliphatic heterocycles. The zero-order chi connectivity index (χ0) is 23.7. The van der Waals surface area contributed by atoms with E-state index in [0.29, 0.717) is 0 Å². The number of morpholine rings is 1. The molecule has 176 valence electrons. The third kappa shape index (κ3) is 4.66. The standard InChI is InChI=1S/C26H28BrN5O2/c1-30(2)17-24(19-4-3-5-20(27)12-19)32-7-6-18(13-25(32)33)23-16-29-26-22(23)14-21(15-28-26)31-8-10-34-11-9-31/h3-7,12-16,24H,8-11,17H2,1-2H3,(H,28,29). The van der Waals surface area contributed by atoms with Gasteiger partial charge in [0.15, 0.2) is 0 Å². The van der Waals surface area contributed by atoms with Crippen molar-refractivity contribution in [2.75, 3.05) is 51.8 Å². The summed E-state index contributed by atoms with van der Waals surface area (Å²) in [5.41, 5.74) is 4.81. The average molecular weight is 522 g/mol. The molecule has 7 nitrogen and oxygen atoms in total. The number of nitrogens with zero attached hydrogens (tertiary/aromatic N) is 4. The molecule has 0 radical (unpaired) electrons. The predicted octanol–water partition coefficient (Wildman–Crippen LogP) is 4.14. The van der Waals surface area contributed by atoms with Crippen LogP contribution in [-0.2, 0) is 4.74 Å². The zero-order valence-electron chi connectivity index (χ0n) is 19.4. The fraction of sp³-hybridized carbons (Fsp3) is 0.308. The lowest BCUT2D eigenvalue weighted by Crippen LogP contribution is -2.36. The van der Waals surface area contributed by atoms with E-state index in [9.17, 15) is 4.79 Å². The van der Waals surface area contributed by atoms with Gasteiger partial charge in [0.05, 0.1) is 31.1 Å². The van der Waals surface area contributed by atoms with Crippen LogP contribution in [0.5, 0.6) is 0 Å². The molecule has 3 aromatic heterocycles. The number of anilines is 1. The van der Waals surface area contributed by atoms with Crippen molar-refractivity contribution in [2.24, 2.45) is 0 Å². The maximum absolute atomic E-state index is 13.4. The minimum Gasteiger partial charge on any atom is -0.378 e. The van der Waals surface area contributed by atoms with Crippen LogP contribution in [0.2, 0.25) is 0 Å². The second kappa shape index (κ2) is 9.74. The molecule has 34 heavy (non-hydrogen) atoms. The number of halogens is 1. The van der Waals surface area contributed by atoms with Crippen molar-refractivity contribution in [3.63, 3.8) is 0 Å². The maximum Gasteiger partial charge on any atom is 0.251 e. The van der Waals surface area contributed by atoms with Crippen LogP contribution in [0, 0.1) is 0 Å². The third-order valence-corrected chi connectivity index (χ3v) is 6.75. The smallest absolute Gasteiger partial charge is 0.251 e. The van der Waals surface area contributed by atoms with Gasteiger partial charge >= 0.3 is 0 Å². The van der Waals surface area contributed by atoms with Crippen molar-refractivity contribution in [1.82, 2.24) is 19.4 Å². The van der Waals surface area contributed by atoms with Gasteiger partial charge in [-0.05, 0) is 49.5 Å². The topological polar surface area (TPSA) is 66.4 Å². The summed E-state index contributed by atoms with van der Waals surface area (Å²) in [7, 11) is 4.05. The van der Waals surface area contributed by atoms with Crippen LogP contribution < -0.4 is 10.5 Å². The second-order valence-electron chi connectivity index (χ2n) is 8.89. The van der Waals surface area contributed by atoms with Crippen LogP contribution in [0.4, 0.5) is 5.69 Å². The minimum atomic E-state index is -0.0911. The molecule has 0 saturated carbocycles. The van der Waals surface area contributed by atoms with E-state index in [1.165, 1.54) is 0 Å². The van der Waals surface area contributed by atoms with E-state index in [0.717, 1.165) is 70.7 Å². The van der Waals surface area contributed by atoms with Crippen molar-refractivity contribution >= 4 is 32.7 Å². The average Bonchev–Trinajstić information content (AvgIpc) is 3.26. The number of ether oxygens (including phenoxy) is 1. The van der Waals surface area contributed by atoms with Gasteiger partial charge in [-0.15, -0.1) is 0 Å². The number of aromatic amines is 1. The van der Waals surface area contributed by atoms with Gasteiger partial charge in [0.2, 0.25) is 0 Å². The Morgan fingerprint density at radius 1 is 1.18 bits per heavy atom. The molecule has 1 fully saturated rings. The molecule has 8 heteroatoms. The fourth-order valence-electron chi connectivity index (χ4n) is 4.55. The highest BCUT2D eigenvalue weighted by atomic mass is 79.9. The molecule has 4 aromatic rings. The molecule has 5 rings (SSSR count). The van der Waals surface area contributed by atoms with Crippen molar-refractivity contribution in [3.8, 4) is 11.1 Å². The summed E-state index contributed by atoms with van der Waals surface area (Å²) in [6, 6.07) is 14.0. The number of fused-ring (bicyclic) bond motifs is 1.